The molecular weight excluding hydrogens is 1580 g/mol. The van der Waals surface area contributed by atoms with Gasteiger partial charge in [0.15, 0.2) is 17.9 Å². The molecule has 2 aromatic heterocycles. The lowest BCUT2D eigenvalue weighted by Crippen LogP contribution is -2.49. The van der Waals surface area contributed by atoms with Crippen molar-refractivity contribution in [1.82, 2.24) is 39.4 Å². The number of likely N-dealkylation sites (tertiary alicyclic amines) is 1. The predicted octanol–water partition coefficient (Wildman–Crippen LogP) is 14.6. The van der Waals surface area contributed by atoms with Crippen LogP contribution in [0.4, 0.5) is 69.0 Å². The molecule has 6 aromatic carbocycles. The van der Waals surface area contributed by atoms with Gasteiger partial charge in [-0.3, -0.25) is 4.90 Å². The molecule has 0 amide bonds. The molecule has 113 heavy (non-hydrogen) atoms. The number of sulfonamides is 1. The summed E-state index contributed by atoms with van der Waals surface area (Å²) in [7, 11) is -1.71. The zero-order valence-corrected chi connectivity index (χ0v) is 71.7. The summed E-state index contributed by atoms with van der Waals surface area (Å²) >= 11 is 19.2. The van der Waals surface area contributed by atoms with E-state index in [1.54, 1.807) is 116 Å². The number of para-hydroxylation sites is 2. The fourth-order valence-electron chi connectivity index (χ4n) is 13.9. The van der Waals surface area contributed by atoms with Gasteiger partial charge in [-0.2, -0.15) is 9.97 Å². The standard InChI is InChI=1S/C29H40ClN6O4P.C29H38ClN6O2P.C21H25ClN5O4PS/c1-38-26-17-21(35-11-9-20(10-12-35)36-13-15-40-16-14-36)5-7-25(26)33-29-31-19-23(30)28(34-29)32-24-8-6-22(41(3,4)37)18-27(24)39-2;1-38-26-19-22(36-17-13-21(14-18-36)35-15-7-4-8-16-35)11-12-24(26)33-29-31-20-23(30)28(34-29)32-25-9-5-6-10-27(25)39(2,3)37;1-27(2)33(29,30)19-9-7-6-8-17(19)24-20-15(22)13-23-21(26-20)25-16-11-10-14(32(4,5)28)12-18(16)31-3/h5-8,17-20,29,32-34H,9-16H2,1-4H3;5-6,9-12,19-21H,4,7-8,13-18H2,1-3H3,(H2,31,32,33,34);6-13H,1-5H3,(H2,23,24,25,26). The highest BCUT2D eigenvalue weighted by Crippen LogP contribution is 2.43. The zero-order chi connectivity index (χ0) is 80.8. The van der Waals surface area contributed by atoms with E-state index in [0.29, 0.717) is 79.3 Å². The molecule has 7 heterocycles. The molecule has 0 aliphatic carbocycles. The van der Waals surface area contributed by atoms with E-state index in [1.165, 1.54) is 78.7 Å². The van der Waals surface area contributed by atoms with Crippen LogP contribution in [0.2, 0.25) is 10.0 Å². The van der Waals surface area contributed by atoms with Gasteiger partial charge in [0, 0.05) is 111 Å². The van der Waals surface area contributed by atoms with Crippen molar-refractivity contribution in [2.45, 2.75) is 68.2 Å². The third-order valence-corrected chi connectivity index (χ3v) is 27.4. The number of morpholine rings is 1. The second-order valence-electron chi connectivity index (χ2n) is 29.2. The van der Waals surface area contributed by atoms with Crippen molar-refractivity contribution in [2.24, 2.45) is 4.99 Å². The lowest BCUT2D eigenvalue weighted by molar-refractivity contribution is 0.0115. The molecule has 5 aliphatic heterocycles. The van der Waals surface area contributed by atoms with Crippen LogP contribution in [-0.2, 0) is 28.5 Å². The maximum absolute atomic E-state index is 12.8. The minimum absolute atomic E-state index is 0.0833. The number of rotatable bonds is 25. The summed E-state index contributed by atoms with van der Waals surface area (Å²) < 4.78 is 92.2. The Hall–Kier alpha value is -8.36. The van der Waals surface area contributed by atoms with Gasteiger partial charge in [0.05, 0.1) is 93.2 Å². The molecule has 4 saturated heterocycles. The second-order valence-corrected chi connectivity index (χ2v) is 42.1. The summed E-state index contributed by atoms with van der Waals surface area (Å²) in [6, 6.07) is 38.4. The molecule has 1 unspecified atom stereocenters. The number of allylic oxidation sites excluding steroid dienone is 1. The Kier molecular flexibility index (Phi) is 29.1. The van der Waals surface area contributed by atoms with E-state index in [-0.39, 0.29) is 21.7 Å². The van der Waals surface area contributed by atoms with Gasteiger partial charge in [-0.15, -0.1) is 0 Å². The number of nitrogens with zero attached hydrogens (tertiary/aromatic N) is 10. The van der Waals surface area contributed by atoms with E-state index in [2.05, 4.69) is 106 Å². The molecule has 13 rings (SSSR count). The lowest BCUT2D eigenvalue weighted by atomic mass is 9.99. The topological polar surface area (TPSA) is 296 Å². The zero-order valence-electron chi connectivity index (χ0n) is 66.0. The number of ether oxygens (including phenoxy) is 5. The number of methoxy groups -OCH3 is 4. The van der Waals surface area contributed by atoms with Crippen LogP contribution in [0.3, 0.4) is 0 Å². The quantitative estimate of drug-likeness (QED) is 0.0262. The molecule has 0 bridgehead atoms. The average Bonchev–Trinajstić information content (AvgIpc) is 0.843. The lowest BCUT2D eigenvalue weighted by Gasteiger charge is -2.41. The highest BCUT2D eigenvalue weighted by atomic mass is 35.5. The summed E-state index contributed by atoms with van der Waals surface area (Å²) in [6.45, 7) is 20.7. The molecule has 7 N–H and O–H groups in total. The first kappa shape index (κ1) is 85.5. The number of hydrogen-bond acceptors (Lipinski definition) is 26. The van der Waals surface area contributed by atoms with E-state index in [9.17, 15) is 22.1 Å². The maximum Gasteiger partial charge on any atom is 0.244 e. The molecular formula is C79H103Cl3N17O10P3S. The van der Waals surface area contributed by atoms with Gasteiger partial charge in [-0.25, -0.2) is 27.7 Å². The Morgan fingerprint density at radius 1 is 0.504 bits per heavy atom. The molecule has 4 fully saturated rings. The largest absolute Gasteiger partial charge is 0.495 e. The minimum atomic E-state index is -3.70. The number of anilines is 12. The molecule has 5 aliphatic rings. The van der Waals surface area contributed by atoms with Crippen molar-refractivity contribution in [3.63, 3.8) is 0 Å². The minimum Gasteiger partial charge on any atom is -0.495 e. The van der Waals surface area contributed by atoms with Gasteiger partial charge in [-0.05, 0) is 177 Å². The third-order valence-electron chi connectivity index (χ3n) is 20.1. The van der Waals surface area contributed by atoms with E-state index < -0.39 is 37.7 Å². The molecule has 0 saturated carbocycles. The normalized spacial score (nSPS) is 16.9. The molecule has 27 nitrogen and oxygen atoms in total. The van der Waals surface area contributed by atoms with Gasteiger partial charge in [0.25, 0.3) is 0 Å². The first-order valence-electron chi connectivity index (χ1n) is 37.4. The van der Waals surface area contributed by atoms with Crippen LogP contribution in [0.25, 0.3) is 0 Å². The van der Waals surface area contributed by atoms with Gasteiger partial charge in [0.1, 0.15) is 65.2 Å². The van der Waals surface area contributed by atoms with Crippen LogP contribution in [0.15, 0.2) is 154 Å². The summed E-state index contributed by atoms with van der Waals surface area (Å²) in [6.07, 6.45) is 12.8. The fraction of sp³-hybridized carbons (Fsp3) is 0.405. The third kappa shape index (κ3) is 22.4. The first-order valence-corrected chi connectivity index (χ1v) is 47.8. The number of piperidine rings is 3. The number of benzene rings is 6. The molecule has 8 aromatic rings. The van der Waals surface area contributed by atoms with Crippen molar-refractivity contribution >= 4 is 157 Å². The van der Waals surface area contributed by atoms with Crippen molar-refractivity contribution in [3.8, 4) is 23.0 Å². The SMILES string of the molecule is COc1cc(N2CCC(N3CCCCC3)CC2)ccc1Nc1ncc(Cl)c(Nc2ccccc2P(C)(C)=O)n1.COc1cc(P(C)(C)=O)ccc1NC1=C(Cl)C=NC(Nc2ccc(N3CCC(N4CCOCC4)CC3)cc2OC)N1.COc1cc(P(C)(C)=O)ccc1Nc1ncc(Cl)c(Nc2ccccc2S(=O)(=O)N(C)C)n1. The number of aromatic nitrogens is 4. The van der Waals surface area contributed by atoms with E-state index in [1.807, 2.05) is 48.5 Å². The predicted molar refractivity (Wildman–Crippen MR) is 464 cm³/mol. The summed E-state index contributed by atoms with van der Waals surface area (Å²) in [5.41, 5.74) is 6.19. The van der Waals surface area contributed by atoms with E-state index in [0.717, 1.165) is 114 Å². The van der Waals surface area contributed by atoms with Crippen molar-refractivity contribution in [3.05, 3.63) is 155 Å². The monoisotopic (exact) mass is 1680 g/mol. The van der Waals surface area contributed by atoms with E-state index in [4.69, 9.17) is 58.5 Å². The smallest absolute Gasteiger partial charge is 0.244 e. The number of halogens is 3. The highest BCUT2D eigenvalue weighted by molar-refractivity contribution is 7.89. The van der Waals surface area contributed by atoms with Crippen LogP contribution < -0.4 is 81.9 Å². The summed E-state index contributed by atoms with van der Waals surface area (Å²) in [5.74, 6) is 4.32. The van der Waals surface area contributed by atoms with Gasteiger partial charge >= 0.3 is 0 Å². The van der Waals surface area contributed by atoms with Crippen LogP contribution in [0.1, 0.15) is 44.9 Å². The molecule has 606 valence electrons. The summed E-state index contributed by atoms with van der Waals surface area (Å²) in [4.78, 5) is 32.3. The Morgan fingerprint density at radius 2 is 0.947 bits per heavy atom. The van der Waals surface area contributed by atoms with Gasteiger partial charge in [0.2, 0.25) is 21.9 Å². The number of nitrogens with one attached hydrogen (secondary N) is 7. The molecule has 1 atom stereocenters. The van der Waals surface area contributed by atoms with Crippen molar-refractivity contribution < 1.29 is 45.8 Å². The van der Waals surface area contributed by atoms with Crippen LogP contribution in [-0.4, -0.2) is 215 Å². The van der Waals surface area contributed by atoms with Crippen LogP contribution in [0.5, 0.6) is 23.0 Å². The molecule has 0 spiro atoms. The highest BCUT2D eigenvalue weighted by Gasteiger charge is 2.31. The Bertz CT molecular complexity index is 4970. The first-order chi connectivity index (χ1) is 54.0. The molecule has 0 radical (unpaired) electrons. The van der Waals surface area contributed by atoms with Crippen molar-refractivity contribution in [1.29, 1.82) is 0 Å². The second kappa shape index (κ2) is 38.4. The van der Waals surface area contributed by atoms with E-state index >= 15 is 0 Å². The molecule has 34 heteroatoms. The fourth-order valence-corrected chi connectivity index (χ4v) is 18.2. The summed E-state index contributed by atoms with van der Waals surface area (Å²) in [5, 5.41) is 25.7. The van der Waals surface area contributed by atoms with Crippen LogP contribution in [0, 0.1) is 0 Å². The Labute approximate surface area is 678 Å². The Balaban J connectivity index is 0.000000168. The average molecular weight is 1680 g/mol. The Morgan fingerprint density at radius 3 is 1.44 bits per heavy atom. The van der Waals surface area contributed by atoms with Gasteiger partial charge in [-0.1, -0.05) is 65.5 Å². The van der Waals surface area contributed by atoms with Gasteiger partial charge < -0.3 is 89.3 Å². The van der Waals surface area contributed by atoms with Crippen molar-refractivity contribution in [2.75, 3.05) is 190 Å². The van der Waals surface area contributed by atoms with Crippen LogP contribution >= 0.6 is 56.2 Å². The number of hydrogen-bond donors (Lipinski definition) is 7. The maximum atomic E-state index is 12.8. The number of aliphatic imine (C=N–C) groups is 1.